The number of benzene rings is 2. The van der Waals surface area contributed by atoms with Crippen molar-refractivity contribution >= 4 is 11.8 Å². The van der Waals surface area contributed by atoms with E-state index in [4.69, 9.17) is 4.74 Å². The third-order valence-corrected chi connectivity index (χ3v) is 3.67. The van der Waals surface area contributed by atoms with Crippen molar-refractivity contribution in [1.82, 2.24) is 14.8 Å². The number of anilines is 1. The van der Waals surface area contributed by atoms with Gasteiger partial charge in [0.15, 0.2) is 0 Å². The molecule has 6 nitrogen and oxygen atoms in total. The van der Waals surface area contributed by atoms with Crippen molar-refractivity contribution < 1.29 is 4.74 Å². The summed E-state index contributed by atoms with van der Waals surface area (Å²) in [6, 6.07) is 17.5. The number of hydrogen-bond donors (Lipinski definition) is 2. The van der Waals surface area contributed by atoms with E-state index in [1.807, 2.05) is 66.7 Å². The number of aromatic nitrogens is 3. The monoisotopic (exact) mass is 336 g/mol. The highest BCUT2D eigenvalue weighted by atomic mass is 16.5. The van der Waals surface area contributed by atoms with E-state index in [1.54, 1.807) is 7.11 Å². The van der Waals surface area contributed by atoms with Crippen molar-refractivity contribution in [3.05, 3.63) is 82.5 Å². The van der Waals surface area contributed by atoms with Crippen molar-refractivity contribution in [2.45, 2.75) is 13.1 Å². The second-order valence-corrected chi connectivity index (χ2v) is 5.45. The summed E-state index contributed by atoms with van der Waals surface area (Å²) in [7, 11) is 1.63. The van der Waals surface area contributed by atoms with Gasteiger partial charge in [0, 0.05) is 5.69 Å². The molecule has 0 unspecified atom stereocenters. The van der Waals surface area contributed by atoms with Gasteiger partial charge in [0.05, 0.1) is 20.2 Å². The van der Waals surface area contributed by atoms with Crippen LogP contribution in [0, 0.1) is 0 Å². The van der Waals surface area contributed by atoms with Gasteiger partial charge in [-0.05, 0) is 29.8 Å². The van der Waals surface area contributed by atoms with Crippen molar-refractivity contribution in [2.24, 2.45) is 0 Å². The second kappa shape index (κ2) is 8.01. The quantitative estimate of drug-likeness (QED) is 0.696. The largest absolute Gasteiger partial charge is 0.497 e. The minimum absolute atomic E-state index is 0.218. The van der Waals surface area contributed by atoms with E-state index in [9.17, 15) is 4.79 Å². The zero-order valence-corrected chi connectivity index (χ0v) is 14.0. The van der Waals surface area contributed by atoms with E-state index in [0.717, 1.165) is 17.0 Å². The predicted molar refractivity (Wildman–Crippen MR) is 98.6 cm³/mol. The lowest BCUT2D eigenvalue weighted by Crippen LogP contribution is -2.16. The normalized spacial score (nSPS) is 10.9. The minimum atomic E-state index is -0.218. The lowest BCUT2D eigenvalue weighted by Gasteiger charge is -2.05. The number of allylic oxidation sites excluding steroid dienone is 1. The molecule has 25 heavy (non-hydrogen) atoms. The lowest BCUT2D eigenvalue weighted by atomic mass is 10.2. The summed E-state index contributed by atoms with van der Waals surface area (Å²) in [6.07, 6.45) is 3.88. The lowest BCUT2D eigenvalue weighted by molar-refractivity contribution is 0.415. The van der Waals surface area contributed by atoms with E-state index in [1.165, 1.54) is 4.68 Å². The van der Waals surface area contributed by atoms with E-state index in [0.29, 0.717) is 18.9 Å². The summed E-state index contributed by atoms with van der Waals surface area (Å²) in [5.74, 6) is 1.39. The van der Waals surface area contributed by atoms with Crippen LogP contribution in [-0.4, -0.2) is 21.9 Å². The Labute approximate surface area is 145 Å². The smallest absolute Gasteiger partial charge is 0.343 e. The maximum atomic E-state index is 11.9. The number of ether oxygens (including phenoxy) is 1. The highest BCUT2D eigenvalue weighted by Gasteiger charge is 2.03. The first-order valence-electron chi connectivity index (χ1n) is 8.00. The average molecular weight is 336 g/mol. The SMILES string of the molecule is COc1ccc(NCc2nn(CC=Cc3ccccc3)c(=O)[nH]2)cc1. The van der Waals surface area contributed by atoms with Crippen LogP contribution >= 0.6 is 0 Å². The summed E-state index contributed by atoms with van der Waals surface area (Å²) < 4.78 is 6.53. The second-order valence-electron chi connectivity index (χ2n) is 5.45. The molecule has 0 aliphatic rings. The van der Waals surface area contributed by atoms with Crippen molar-refractivity contribution in [3.8, 4) is 5.75 Å². The fourth-order valence-electron chi connectivity index (χ4n) is 2.35. The summed E-state index contributed by atoms with van der Waals surface area (Å²) in [6.45, 7) is 0.865. The van der Waals surface area contributed by atoms with E-state index in [-0.39, 0.29) is 5.69 Å². The van der Waals surface area contributed by atoms with Crippen LogP contribution in [0.15, 0.2) is 65.5 Å². The molecule has 0 saturated heterocycles. The summed E-state index contributed by atoms with van der Waals surface area (Å²) in [5, 5.41) is 7.52. The molecular weight excluding hydrogens is 316 g/mol. The zero-order valence-electron chi connectivity index (χ0n) is 14.0. The molecule has 0 aliphatic carbocycles. The fourth-order valence-corrected chi connectivity index (χ4v) is 2.35. The molecule has 6 heteroatoms. The van der Waals surface area contributed by atoms with Gasteiger partial charge in [-0.2, -0.15) is 5.10 Å². The third-order valence-electron chi connectivity index (χ3n) is 3.67. The van der Waals surface area contributed by atoms with Crippen LogP contribution in [0.2, 0.25) is 0 Å². The molecule has 0 saturated carbocycles. The van der Waals surface area contributed by atoms with Crippen LogP contribution in [0.4, 0.5) is 5.69 Å². The Morgan fingerprint density at radius 2 is 1.92 bits per heavy atom. The van der Waals surface area contributed by atoms with Crippen molar-refractivity contribution in [3.63, 3.8) is 0 Å². The summed E-state index contributed by atoms with van der Waals surface area (Å²) >= 11 is 0. The Kier molecular flexibility index (Phi) is 5.31. The first-order chi connectivity index (χ1) is 12.2. The molecule has 1 aromatic heterocycles. The van der Waals surface area contributed by atoms with Gasteiger partial charge in [0.25, 0.3) is 0 Å². The molecule has 3 rings (SSSR count). The number of H-pyrrole nitrogens is 1. The fraction of sp³-hybridized carbons (Fsp3) is 0.158. The first kappa shape index (κ1) is 16.6. The van der Waals surface area contributed by atoms with Crippen molar-refractivity contribution in [1.29, 1.82) is 0 Å². The maximum absolute atomic E-state index is 11.9. The van der Waals surface area contributed by atoms with Gasteiger partial charge in [-0.3, -0.25) is 4.98 Å². The Hall–Kier alpha value is -3.28. The van der Waals surface area contributed by atoms with Crippen LogP contribution in [0.1, 0.15) is 11.4 Å². The molecule has 0 amide bonds. The molecule has 128 valence electrons. The Morgan fingerprint density at radius 3 is 2.64 bits per heavy atom. The van der Waals surface area contributed by atoms with E-state index < -0.39 is 0 Å². The number of aromatic amines is 1. The van der Waals surface area contributed by atoms with Crippen LogP contribution < -0.4 is 15.7 Å². The zero-order chi connectivity index (χ0) is 17.5. The van der Waals surface area contributed by atoms with Crippen LogP contribution in [0.3, 0.4) is 0 Å². The Balaban J connectivity index is 1.58. The molecule has 0 spiro atoms. The van der Waals surface area contributed by atoms with Crippen molar-refractivity contribution in [2.75, 3.05) is 12.4 Å². The number of rotatable bonds is 7. The molecule has 3 aromatic rings. The van der Waals surface area contributed by atoms with E-state index in [2.05, 4.69) is 15.4 Å². The van der Waals surface area contributed by atoms with Gasteiger partial charge < -0.3 is 10.1 Å². The first-order valence-corrected chi connectivity index (χ1v) is 8.00. The highest BCUT2D eigenvalue weighted by Crippen LogP contribution is 2.15. The molecule has 1 heterocycles. The number of hydrogen-bond acceptors (Lipinski definition) is 4. The number of nitrogens with one attached hydrogen (secondary N) is 2. The molecule has 2 N–H and O–H groups in total. The van der Waals surface area contributed by atoms with Gasteiger partial charge in [-0.15, -0.1) is 0 Å². The standard InChI is InChI=1S/C19H20N4O2/c1-25-17-11-9-16(10-12-17)20-14-18-21-19(24)23(22-18)13-5-8-15-6-3-2-4-7-15/h2-12,20H,13-14H2,1H3,(H,21,22,24). The predicted octanol–water partition coefficient (Wildman–Crippen LogP) is 2.91. The molecule has 0 bridgehead atoms. The Morgan fingerprint density at radius 1 is 1.16 bits per heavy atom. The molecule has 2 aromatic carbocycles. The molecule has 0 aliphatic heterocycles. The van der Waals surface area contributed by atoms with E-state index >= 15 is 0 Å². The Bertz CT molecular complexity index is 880. The minimum Gasteiger partial charge on any atom is -0.497 e. The van der Waals surface area contributed by atoms with Gasteiger partial charge in [0.1, 0.15) is 11.6 Å². The average Bonchev–Trinajstić information content (AvgIpc) is 3.01. The van der Waals surface area contributed by atoms with Gasteiger partial charge in [-0.25, -0.2) is 9.48 Å². The third kappa shape index (κ3) is 4.60. The maximum Gasteiger partial charge on any atom is 0.343 e. The van der Waals surface area contributed by atoms with Gasteiger partial charge >= 0.3 is 5.69 Å². The van der Waals surface area contributed by atoms with Crippen LogP contribution in [0.5, 0.6) is 5.75 Å². The highest BCUT2D eigenvalue weighted by molar-refractivity contribution is 5.48. The van der Waals surface area contributed by atoms with Crippen LogP contribution in [-0.2, 0) is 13.1 Å². The summed E-state index contributed by atoms with van der Waals surface area (Å²) in [5.41, 5.74) is 1.80. The number of methoxy groups -OCH3 is 1. The molecular formula is C19H20N4O2. The summed E-state index contributed by atoms with van der Waals surface area (Å²) in [4.78, 5) is 14.7. The van der Waals surface area contributed by atoms with Gasteiger partial charge in [-0.1, -0.05) is 42.5 Å². The molecule has 0 fully saturated rings. The number of nitrogens with zero attached hydrogens (tertiary/aromatic N) is 2. The molecule has 0 atom stereocenters. The van der Waals surface area contributed by atoms with Gasteiger partial charge in [0.2, 0.25) is 0 Å². The molecule has 0 radical (unpaired) electrons. The topological polar surface area (TPSA) is 71.9 Å². The van der Waals surface area contributed by atoms with Crippen LogP contribution in [0.25, 0.3) is 6.08 Å².